The van der Waals surface area contributed by atoms with Crippen molar-refractivity contribution in [2.45, 2.75) is 68.8 Å². The molecule has 0 spiro atoms. The van der Waals surface area contributed by atoms with Crippen molar-refractivity contribution >= 4 is 28.9 Å². The van der Waals surface area contributed by atoms with Crippen LogP contribution in [0.2, 0.25) is 0 Å². The number of alkyl halides is 3. The first-order valence-corrected chi connectivity index (χ1v) is 12.9. The maximum absolute atomic E-state index is 12.9. The van der Waals surface area contributed by atoms with Crippen LogP contribution in [0.25, 0.3) is 5.65 Å². The molecular formula is C26H27F3N8O2. The molecular weight excluding hydrogens is 513 g/mol. The minimum atomic E-state index is -4.58. The highest BCUT2D eigenvalue weighted by Crippen LogP contribution is 2.58. The van der Waals surface area contributed by atoms with E-state index in [2.05, 4.69) is 31.8 Å². The van der Waals surface area contributed by atoms with Crippen LogP contribution in [0, 0.1) is 23.2 Å². The van der Waals surface area contributed by atoms with Crippen molar-refractivity contribution in [3.05, 3.63) is 41.9 Å². The molecule has 3 aromatic heterocycles. The second kappa shape index (κ2) is 8.81. The van der Waals surface area contributed by atoms with E-state index in [9.17, 15) is 28.3 Å². The molecule has 0 saturated heterocycles. The second-order valence-electron chi connectivity index (χ2n) is 11.3. The Morgan fingerprint density at radius 1 is 1.23 bits per heavy atom. The SMILES string of the molecule is CC(NC(=O)c1cccc(Nc2cc(NC34CC5CC(CC(O)(C5)C3)C4)nn3c(C#N)cnc23)n1)C(F)(F)F. The van der Waals surface area contributed by atoms with Crippen molar-refractivity contribution in [2.75, 3.05) is 10.6 Å². The molecule has 7 rings (SSSR count). The van der Waals surface area contributed by atoms with Gasteiger partial charge in [0, 0.05) is 11.6 Å². The molecule has 39 heavy (non-hydrogen) atoms. The van der Waals surface area contributed by atoms with Crippen LogP contribution in [0.1, 0.15) is 61.6 Å². The number of aromatic nitrogens is 4. The Hall–Kier alpha value is -3.92. The van der Waals surface area contributed by atoms with E-state index < -0.39 is 23.7 Å². The average molecular weight is 541 g/mol. The van der Waals surface area contributed by atoms with Crippen LogP contribution in [0.15, 0.2) is 30.5 Å². The van der Waals surface area contributed by atoms with Crippen LogP contribution in [0.5, 0.6) is 0 Å². The van der Waals surface area contributed by atoms with Crippen molar-refractivity contribution in [1.29, 1.82) is 5.26 Å². The van der Waals surface area contributed by atoms with Gasteiger partial charge in [-0.1, -0.05) is 6.07 Å². The Morgan fingerprint density at radius 3 is 2.64 bits per heavy atom. The number of carbonyl (C=O) groups is 1. The number of imidazole rings is 1. The van der Waals surface area contributed by atoms with Crippen LogP contribution in [0.3, 0.4) is 0 Å². The first-order chi connectivity index (χ1) is 18.4. The topological polar surface area (TPSA) is 140 Å². The molecule has 4 aliphatic rings. The molecule has 0 radical (unpaired) electrons. The molecule has 4 N–H and O–H groups in total. The molecule has 4 saturated carbocycles. The summed E-state index contributed by atoms with van der Waals surface area (Å²) in [6.07, 6.45) is 2.07. The summed E-state index contributed by atoms with van der Waals surface area (Å²) in [7, 11) is 0. The number of nitrogens with zero attached hydrogens (tertiary/aromatic N) is 5. The summed E-state index contributed by atoms with van der Waals surface area (Å²) in [4.78, 5) is 20.9. The van der Waals surface area contributed by atoms with E-state index in [1.807, 2.05) is 5.32 Å². The van der Waals surface area contributed by atoms with Crippen LogP contribution >= 0.6 is 0 Å². The largest absolute Gasteiger partial charge is 0.408 e. The van der Waals surface area contributed by atoms with Crippen molar-refractivity contribution in [1.82, 2.24) is 24.9 Å². The van der Waals surface area contributed by atoms with Gasteiger partial charge in [-0.15, -0.1) is 5.10 Å². The summed E-state index contributed by atoms with van der Waals surface area (Å²) in [5.74, 6) is 0.625. The van der Waals surface area contributed by atoms with E-state index in [1.165, 1.54) is 22.8 Å². The Labute approximate surface area is 221 Å². The van der Waals surface area contributed by atoms with Gasteiger partial charge in [-0.05, 0) is 69.4 Å². The van der Waals surface area contributed by atoms with E-state index in [0.717, 1.165) is 39.0 Å². The first-order valence-electron chi connectivity index (χ1n) is 12.9. The highest BCUT2D eigenvalue weighted by atomic mass is 19.4. The number of hydrogen-bond acceptors (Lipinski definition) is 8. The number of carbonyl (C=O) groups excluding carboxylic acids is 1. The molecule has 4 fully saturated rings. The lowest BCUT2D eigenvalue weighted by Crippen LogP contribution is -2.62. The fraction of sp³-hybridized carbons (Fsp3) is 0.500. The monoisotopic (exact) mass is 540 g/mol. The van der Waals surface area contributed by atoms with Crippen LogP contribution < -0.4 is 16.0 Å². The highest BCUT2D eigenvalue weighted by Gasteiger charge is 2.57. The standard InChI is InChI=1S/C26H27F3N8O2/c1-14(26(27,28)29)32-23(38)18-3-2-4-20(33-18)34-19-6-21(36-37-17(11-30)12-31-22(19)37)35-24-7-15-5-16(8-24)10-25(39,9-15)13-24/h2-4,6,12,14-16,39H,5,7-10,13H2,1H3,(H,32,38)(H,33,34)(H,35,36). The Kier molecular flexibility index (Phi) is 5.73. The summed E-state index contributed by atoms with van der Waals surface area (Å²) in [6.45, 7) is 0.857. The highest BCUT2D eigenvalue weighted by molar-refractivity contribution is 5.93. The van der Waals surface area contributed by atoms with Gasteiger partial charge >= 0.3 is 6.18 Å². The molecule has 3 atom stereocenters. The quantitative estimate of drug-likeness (QED) is 0.369. The van der Waals surface area contributed by atoms with Crippen LogP contribution in [0.4, 0.5) is 30.5 Å². The van der Waals surface area contributed by atoms with Gasteiger partial charge in [0.2, 0.25) is 0 Å². The van der Waals surface area contributed by atoms with Gasteiger partial charge in [0.15, 0.2) is 11.3 Å². The minimum absolute atomic E-state index is 0.192. The molecule has 4 bridgehead atoms. The van der Waals surface area contributed by atoms with E-state index >= 15 is 0 Å². The predicted octanol–water partition coefficient (Wildman–Crippen LogP) is 3.92. The minimum Gasteiger partial charge on any atom is -0.390 e. The molecule has 1 amide bonds. The lowest BCUT2D eigenvalue weighted by Gasteiger charge is -2.60. The lowest BCUT2D eigenvalue weighted by atomic mass is 9.51. The summed E-state index contributed by atoms with van der Waals surface area (Å²) < 4.78 is 40.1. The summed E-state index contributed by atoms with van der Waals surface area (Å²) in [5.41, 5.74) is -0.195. The van der Waals surface area contributed by atoms with Gasteiger partial charge in [-0.3, -0.25) is 4.79 Å². The van der Waals surface area contributed by atoms with Crippen molar-refractivity contribution in [3.63, 3.8) is 0 Å². The number of halogens is 3. The molecule has 3 aromatic rings. The smallest absolute Gasteiger partial charge is 0.390 e. The third-order valence-electron chi connectivity index (χ3n) is 8.09. The number of nitriles is 1. The zero-order chi connectivity index (χ0) is 27.6. The Bertz CT molecular complexity index is 1480. The van der Waals surface area contributed by atoms with Crippen LogP contribution in [-0.2, 0) is 0 Å². The maximum Gasteiger partial charge on any atom is 0.408 e. The molecule has 3 heterocycles. The normalized spacial score (nSPS) is 28.2. The second-order valence-corrected chi connectivity index (χ2v) is 11.3. The molecule has 10 nitrogen and oxygen atoms in total. The van der Waals surface area contributed by atoms with E-state index in [0.29, 0.717) is 35.4 Å². The summed E-state index contributed by atoms with van der Waals surface area (Å²) in [6, 6.07) is 6.15. The van der Waals surface area contributed by atoms with Crippen LogP contribution in [-0.4, -0.2) is 54.0 Å². The predicted molar refractivity (Wildman–Crippen MR) is 134 cm³/mol. The number of aliphatic hydroxyl groups is 1. The third-order valence-corrected chi connectivity index (χ3v) is 8.09. The molecule has 13 heteroatoms. The number of hydrogen-bond donors (Lipinski definition) is 4. The van der Waals surface area contributed by atoms with Crippen molar-refractivity contribution in [2.24, 2.45) is 11.8 Å². The molecule has 4 aliphatic carbocycles. The molecule has 204 valence electrons. The molecule has 0 aromatic carbocycles. The van der Waals surface area contributed by atoms with Gasteiger partial charge in [0.05, 0.1) is 17.5 Å². The fourth-order valence-corrected chi connectivity index (χ4v) is 6.95. The number of fused-ring (bicyclic) bond motifs is 1. The number of rotatable bonds is 6. The van der Waals surface area contributed by atoms with Gasteiger partial charge in [-0.25, -0.2) is 9.97 Å². The van der Waals surface area contributed by atoms with Crippen molar-refractivity contribution in [3.8, 4) is 6.07 Å². The zero-order valence-electron chi connectivity index (χ0n) is 21.1. The number of amides is 1. The van der Waals surface area contributed by atoms with Gasteiger partial charge in [-0.2, -0.15) is 22.9 Å². The summed E-state index contributed by atoms with van der Waals surface area (Å²) >= 11 is 0. The maximum atomic E-state index is 12.9. The summed E-state index contributed by atoms with van der Waals surface area (Å²) in [5, 5.41) is 33.9. The third kappa shape index (κ3) is 4.73. The fourth-order valence-electron chi connectivity index (χ4n) is 6.95. The molecule has 3 unspecified atom stereocenters. The van der Waals surface area contributed by atoms with Gasteiger partial charge < -0.3 is 21.1 Å². The Morgan fingerprint density at radius 2 is 1.97 bits per heavy atom. The van der Waals surface area contributed by atoms with E-state index in [-0.39, 0.29) is 22.7 Å². The Balaban J connectivity index is 1.30. The number of nitrogens with one attached hydrogen (secondary N) is 3. The van der Waals surface area contributed by atoms with Gasteiger partial charge in [0.25, 0.3) is 5.91 Å². The number of anilines is 3. The van der Waals surface area contributed by atoms with E-state index in [1.54, 1.807) is 12.1 Å². The lowest BCUT2D eigenvalue weighted by molar-refractivity contribution is -0.149. The zero-order valence-corrected chi connectivity index (χ0v) is 21.1. The first kappa shape index (κ1) is 25.4. The molecule has 0 aliphatic heterocycles. The van der Waals surface area contributed by atoms with Gasteiger partial charge in [0.1, 0.15) is 29.4 Å². The van der Waals surface area contributed by atoms with Crippen molar-refractivity contribution < 1.29 is 23.1 Å². The van der Waals surface area contributed by atoms with E-state index in [4.69, 9.17) is 0 Å². The average Bonchev–Trinajstić information content (AvgIpc) is 3.25. The number of pyridine rings is 1.